The van der Waals surface area contributed by atoms with Gasteiger partial charge in [0.25, 0.3) is 0 Å². The summed E-state index contributed by atoms with van der Waals surface area (Å²) in [6.07, 6.45) is 1.90. The summed E-state index contributed by atoms with van der Waals surface area (Å²) in [5.74, 6) is -1.05. The molecule has 0 amide bonds. The van der Waals surface area contributed by atoms with E-state index in [1.807, 2.05) is 6.26 Å². The Hall–Kier alpha value is -1.14. The Morgan fingerprint density at radius 2 is 2.33 bits per heavy atom. The van der Waals surface area contributed by atoms with Gasteiger partial charge in [0, 0.05) is 15.3 Å². The second-order valence-corrected chi connectivity index (χ2v) is 5.90. The van der Waals surface area contributed by atoms with Gasteiger partial charge < -0.3 is 5.11 Å². The first-order valence-electron chi connectivity index (χ1n) is 4.10. The van der Waals surface area contributed by atoms with E-state index < -0.39 is 16.9 Å². The number of thiol groups is 1. The fourth-order valence-corrected chi connectivity index (χ4v) is 3.88. The predicted octanol–water partition coefficient (Wildman–Crippen LogP) is 2.31. The molecule has 0 aromatic carbocycles. The highest BCUT2D eigenvalue weighted by atomic mass is 32.2. The zero-order valence-corrected chi connectivity index (χ0v) is 9.48. The lowest BCUT2D eigenvalue weighted by atomic mass is 10.3. The Balaban J connectivity index is 2.51. The van der Waals surface area contributed by atoms with Crippen molar-refractivity contribution in [1.29, 1.82) is 0 Å². The lowest BCUT2D eigenvalue weighted by molar-refractivity contribution is -0.132. The van der Waals surface area contributed by atoms with Gasteiger partial charge in [-0.05, 0) is 18.4 Å². The fourth-order valence-electron chi connectivity index (χ4n) is 1.32. The van der Waals surface area contributed by atoms with Gasteiger partial charge in [-0.15, -0.1) is 11.3 Å². The van der Waals surface area contributed by atoms with Crippen LogP contribution in [-0.4, -0.2) is 22.9 Å². The van der Waals surface area contributed by atoms with E-state index in [4.69, 9.17) is 5.11 Å². The van der Waals surface area contributed by atoms with E-state index in [-0.39, 0.29) is 10.8 Å². The molecule has 80 valence electrons. The molecule has 1 atom stereocenters. The number of nitrogens with zero attached hydrogens (tertiary/aromatic N) is 1. The lowest BCUT2D eigenvalue weighted by Crippen LogP contribution is -1.97. The molecule has 1 aromatic heterocycles. The van der Waals surface area contributed by atoms with Gasteiger partial charge in [0.1, 0.15) is 0 Å². The Morgan fingerprint density at radius 1 is 1.60 bits per heavy atom. The van der Waals surface area contributed by atoms with Crippen LogP contribution in [-0.2, 0) is 4.79 Å². The second kappa shape index (κ2) is 3.79. The monoisotopic (exact) mass is 245 g/mol. The van der Waals surface area contributed by atoms with E-state index in [1.54, 1.807) is 11.6 Å². The normalized spacial score (nSPS) is 22.4. The van der Waals surface area contributed by atoms with Crippen molar-refractivity contribution in [3.63, 3.8) is 0 Å². The van der Waals surface area contributed by atoms with E-state index >= 15 is 0 Å². The van der Waals surface area contributed by atoms with E-state index in [0.29, 0.717) is 9.78 Å². The van der Waals surface area contributed by atoms with E-state index in [2.05, 4.69) is 4.99 Å². The molecule has 1 N–H and O–H groups in total. The third-order valence-corrected chi connectivity index (χ3v) is 4.61. The van der Waals surface area contributed by atoms with E-state index in [1.165, 1.54) is 6.07 Å². The Labute approximate surface area is 92.3 Å². The highest BCUT2D eigenvalue weighted by Gasteiger charge is 2.23. The zero-order chi connectivity index (χ0) is 11.0. The van der Waals surface area contributed by atoms with E-state index in [0.717, 1.165) is 11.3 Å². The van der Waals surface area contributed by atoms with Gasteiger partial charge in [-0.25, -0.2) is 9.79 Å². The number of halogens is 1. The highest BCUT2D eigenvalue weighted by Crippen LogP contribution is 2.46. The average molecular weight is 245 g/mol. The van der Waals surface area contributed by atoms with Crippen LogP contribution < -0.4 is 0 Å². The third-order valence-electron chi connectivity index (χ3n) is 1.95. The van der Waals surface area contributed by atoms with Gasteiger partial charge in [0.2, 0.25) is 0 Å². The van der Waals surface area contributed by atoms with Crippen LogP contribution in [0.1, 0.15) is 4.88 Å². The molecule has 0 radical (unpaired) electrons. The molecule has 3 nitrogen and oxygen atoms in total. The van der Waals surface area contributed by atoms with Gasteiger partial charge in [0.05, 0.1) is 0 Å². The maximum Gasteiger partial charge on any atom is 0.355 e. The van der Waals surface area contributed by atoms with Crippen molar-refractivity contribution < 1.29 is 14.3 Å². The molecule has 2 rings (SSSR count). The van der Waals surface area contributed by atoms with Gasteiger partial charge in [0.15, 0.2) is 10.8 Å². The smallest absolute Gasteiger partial charge is 0.355 e. The summed E-state index contributed by atoms with van der Waals surface area (Å²) >= 11 is 0.958. The Bertz CT molecular complexity index is 478. The van der Waals surface area contributed by atoms with Gasteiger partial charge in [-0.2, -0.15) is 15.3 Å². The largest absolute Gasteiger partial charge is 0.476 e. The average Bonchev–Trinajstić information content (AvgIpc) is 2.71. The standard InChI is InChI=1S/C9H8FNO2S2/c1-15-4-11-7(9(12)13)8(15)5-2-3-6(10)14-5/h2-4,15H,1H3,(H,12,13). The molecular weight excluding hydrogens is 237 g/mol. The van der Waals surface area contributed by atoms with Crippen LogP contribution in [0, 0.1) is 5.13 Å². The molecule has 1 aliphatic heterocycles. The molecule has 0 aliphatic carbocycles. The molecule has 0 saturated heterocycles. The summed E-state index contributed by atoms with van der Waals surface area (Å²) in [5, 5.41) is 8.61. The number of carboxylic acid groups (broad SMARTS) is 1. The first-order valence-corrected chi connectivity index (χ1v) is 6.77. The highest BCUT2D eigenvalue weighted by molar-refractivity contribution is 8.35. The number of hydrogen-bond donors (Lipinski definition) is 2. The predicted molar refractivity (Wildman–Crippen MR) is 62.2 cm³/mol. The number of carboxylic acids is 1. The summed E-state index contributed by atoms with van der Waals surface area (Å²) in [4.78, 5) is 16.1. The Morgan fingerprint density at radius 3 is 2.87 bits per heavy atom. The van der Waals surface area contributed by atoms with Crippen molar-refractivity contribution >= 4 is 38.7 Å². The topological polar surface area (TPSA) is 49.7 Å². The number of hydrogen-bond acceptors (Lipinski definition) is 3. The van der Waals surface area contributed by atoms with Crippen molar-refractivity contribution in [3.05, 3.63) is 27.8 Å². The van der Waals surface area contributed by atoms with Crippen molar-refractivity contribution in [3.8, 4) is 0 Å². The van der Waals surface area contributed by atoms with Crippen LogP contribution in [0.3, 0.4) is 0 Å². The number of rotatable bonds is 2. The Kier molecular flexibility index (Phi) is 2.62. The van der Waals surface area contributed by atoms with Crippen LogP contribution in [0.5, 0.6) is 0 Å². The molecule has 6 heteroatoms. The van der Waals surface area contributed by atoms with Crippen LogP contribution in [0.25, 0.3) is 4.91 Å². The van der Waals surface area contributed by atoms with E-state index in [9.17, 15) is 9.18 Å². The van der Waals surface area contributed by atoms with Crippen LogP contribution in [0.4, 0.5) is 4.39 Å². The number of thiophene rings is 1. The molecule has 0 fully saturated rings. The van der Waals surface area contributed by atoms with Crippen molar-refractivity contribution in [2.24, 2.45) is 4.99 Å². The quantitative estimate of drug-likeness (QED) is 0.785. The lowest BCUT2D eigenvalue weighted by Gasteiger charge is -2.08. The third kappa shape index (κ3) is 1.82. The van der Waals surface area contributed by atoms with Crippen LogP contribution in [0.15, 0.2) is 22.8 Å². The summed E-state index contributed by atoms with van der Waals surface area (Å²) in [6.45, 7) is 0. The number of aliphatic imine (C=N–C) groups is 1. The van der Waals surface area contributed by atoms with Crippen LogP contribution in [0.2, 0.25) is 0 Å². The first-order chi connectivity index (χ1) is 7.09. The van der Waals surface area contributed by atoms with Crippen LogP contribution >= 0.6 is 22.2 Å². The minimum atomic E-state index is -1.05. The summed E-state index contributed by atoms with van der Waals surface area (Å²) < 4.78 is 12.9. The summed E-state index contributed by atoms with van der Waals surface area (Å²) in [5.41, 5.74) is 1.68. The van der Waals surface area contributed by atoms with Gasteiger partial charge >= 0.3 is 5.97 Å². The zero-order valence-electron chi connectivity index (χ0n) is 7.77. The molecule has 1 aromatic rings. The first kappa shape index (κ1) is 10.4. The minimum Gasteiger partial charge on any atom is -0.476 e. The maximum absolute atomic E-state index is 12.9. The number of carbonyl (C=O) groups is 1. The molecular formula is C9H8FNO2S2. The number of aliphatic carboxylic acids is 1. The maximum atomic E-state index is 12.9. The summed E-state index contributed by atoms with van der Waals surface area (Å²) in [7, 11) is -0.712. The van der Waals surface area contributed by atoms with Gasteiger partial charge in [-0.3, -0.25) is 0 Å². The SMILES string of the molecule is C[SH]1C=NC(C(=O)O)=C1c1ccc(F)s1. The minimum absolute atomic E-state index is 0.0467. The molecule has 0 saturated carbocycles. The van der Waals surface area contributed by atoms with Crippen molar-refractivity contribution in [2.45, 2.75) is 0 Å². The summed E-state index contributed by atoms with van der Waals surface area (Å²) in [6, 6.07) is 2.94. The molecule has 1 aliphatic rings. The molecule has 2 heterocycles. The fraction of sp³-hybridized carbons (Fsp3) is 0.111. The molecule has 0 spiro atoms. The van der Waals surface area contributed by atoms with Crippen molar-refractivity contribution in [2.75, 3.05) is 6.26 Å². The van der Waals surface area contributed by atoms with Gasteiger partial charge in [-0.1, -0.05) is 0 Å². The molecule has 15 heavy (non-hydrogen) atoms. The van der Waals surface area contributed by atoms with Crippen molar-refractivity contribution in [1.82, 2.24) is 0 Å². The molecule has 0 bridgehead atoms. The second-order valence-electron chi connectivity index (χ2n) is 2.96. The molecule has 1 unspecified atom stereocenters.